The monoisotopic (exact) mass is 314 g/mol. The molecule has 2 rings (SSSR count). The second-order valence-corrected chi connectivity index (χ2v) is 5.80. The Hall–Kier alpha value is -0.970. The van der Waals surface area contributed by atoms with Crippen molar-refractivity contribution in [3.63, 3.8) is 0 Å². The molecule has 120 valence electrons. The van der Waals surface area contributed by atoms with Crippen molar-refractivity contribution < 1.29 is 9.47 Å². The van der Waals surface area contributed by atoms with Gasteiger partial charge in [-0.25, -0.2) is 0 Å². The molecule has 2 unspecified atom stereocenters. The van der Waals surface area contributed by atoms with Crippen LogP contribution in [0.3, 0.4) is 0 Å². The first-order chi connectivity index (χ1) is 9.53. The molecule has 2 atom stereocenters. The smallest absolute Gasteiger partial charge is 0.161 e. The van der Waals surface area contributed by atoms with E-state index in [0.29, 0.717) is 12.1 Å². The van der Waals surface area contributed by atoms with Crippen LogP contribution < -0.4 is 14.8 Å². The van der Waals surface area contributed by atoms with Crippen LogP contribution in [0.5, 0.6) is 11.5 Å². The fourth-order valence-electron chi connectivity index (χ4n) is 3.00. The van der Waals surface area contributed by atoms with E-state index in [-0.39, 0.29) is 12.4 Å². The van der Waals surface area contributed by atoms with Gasteiger partial charge in [-0.2, -0.15) is 0 Å². The third-order valence-electron chi connectivity index (χ3n) is 3.87. The van der Waals surface area contributed by atoms with E-state index in [0.717, 1.165) is 31.1 Å². The first-order valence-electron chi connectivity index (χ1n) is 7.23. The summed E-state index contributed by atoms with van der Waals surface area (Å²) in [6, 6.07) is 5.24. The van der Waals surface area contributed by atoms with Crippen molar-refractivity contribution in [2.45, 2.75) is 39.4 Å². The average molecular weight is 315 g/mol. The molecule has 0 saturated carbocycles. The maximum atomic E-state index is 5.41. The van der Waals surface area contributed by atoms with Crippen molar-refractivity contribution in [2.24, 2.45) is 0 Å². The zero-order valence-corrected chi connectivity index (χ0v) is 14.4. The summed E-state index contributed by atoms with van der Waals surface area (Å²) in [6.07, 6.45) is 0. The van der Waals surface area contributed by atoms with Gasteiger partial charge >= 0.3 is 0 Å². The first-order valence-corrected chi connectivity index (χ1v) is 7.23. The molecular formula is C16H27ClN2O2. The van der Waals surface area contributed by atoms with Gasteiger partial charge in [0.1, 0.15) is 0 Å². The summed E-state index contributed by atoms with van der Waals surface area (Å²) in [5.41, 5.74) is 2.56. The van der Waals surface area contributed by atoms with E-state index in [4.69, 9.17) is 9.47 Å². The number of halogens is 1. The van der Waals surface area contributed by atoms with E-state index < -0.39 is 0 Å². The molecule has 0 spiro atoms. The lowest BCUT2D eigenvalue weighted by Crippen LogP contribution is -2.53. The molecule has 1 aromatic carbocycles. The van der Waals surface area contributed by atoms with Crippen LogP contribution in [0.4, 0.5) is 0 Å². The number of rotatable bonds is 4. The zero-order chi connectivity index (χ0) is 14.7. The van der Waals surface area contributed by atoms with Crippen LogP contribution in [0.25, 0.3) is 0 Å². The van der Waals surface area contributed by atoms with Crippen LogP contribution >= 0.6 is 12.4 Å². The van der Waals surface area contributed by atoms with Crippen LogP contribution in [0.2, 0.25) is 0 Å². The lowest BCUT2D eigenvalue weighted by atomic mass is 10.1. The first kappa shape index (κ1) is 18.1. The maximum Gasteiger partial charge on any atom is 0.161 e. The number of hydrogen-bond acceptors (Lipinski definition) is 4. The second-order valence-electron chi connectivity index (χ2n) is 5.80. The van der Waals surface area contributed by atoms with Crippen molar-refractivity contribution in [2.75, 3.05) is 27.3 Å². The number of benzene rings is 1. The Balaban J connectivity index is 0.00000220. The van der Waals surface area contributed by atoms with E-state index in [1.165, 1.54) is 11.1 Å². The van der Waals surface area contributed by atoms with Crippen LogP contribution in [0.15, 0.2) is 12.1 Å². The largest absolute Gasteiger partial charge is 0.493 e. The molecule has 0 radical (unpaired) electrons. The number of aryl methyl sites for hydroxylation is 1. The predicted molar refractivity (Wildman–Crippen MR) is 88.9 cm³/mol. The minimum atomic E-state index is 0. The quantitative estimate of drug-likeness (QED) is 0.926. The van der Waals surface area contributed by atoms with Gasteiger partial charge in [0.25, 0.3) is 0 Å². The molecule has 1 aliphatic heterocycles. The maximum absolute atomic E-state index is 5.41. The van der Waals surface area contributed by atoms with Gasteiger partial charge in [-0.1, -0.05) is 0 Å². The van der Waals surface area contributed by atoms with Crippen LogP contribution in [0.1, 0.15) is 25.0 Å². The van der Waals surface area contributed by atoms with Crippen molar-refractivity contribution in [3.05, 3.63) is 23.3 Å². The van der Waals surface area contributed by atoms with Gasteiger partial charge in [0.15, 0.2) is 11.5 Å². The molecule has 0 bridgehead atoms. The Labute approximate surface area is 134 Å². The Morgan fingerprint density at radius 1 is 1.10 bits per heavy atom. The fourth-order valence-corrected chi connectivity index (χ4v) is 3.00. The minimum Gasteiger partial charge on any atom is -0.493 e. The summed E-state index contributed by atoms with van der Waals surface area (Å²) in [5.74, 6) is 1.61. The van der Waals surface area contributed by atoms with E-state index in [9.17, 15) is 0 Å². The Morgan fingerprint density at radius 2 is 1.62 bits per heavy atom. The summed E-state index contributed by atoms with van der Waals surface area (Å²) < 4.78 is 10.8. The summed E-state index contributed by atoms with van der Waals surface area (Å²) in [4.78, 5) is 2.50. The molecule has 4 nitrogen and oxygen atoms in total. The van der Waals surface area contributed by atoms with Gasteiger partial charge in [0.05, 0.1) is 14.2 Å². The number of methoxy groups -OCH3 is 2. The molecule has 1 heterocycles. The summed E-state index contributed by atoms with van der Waals surface area (Å²) in [5, 5.41) is 3.56. The van der Waals surface area contributed by atoms with Crippen molar-refractivity contribution in [1.29, 1.82) is 0 Å². The SMILES string of the molecule is COc1cc(C)c(CN2CC(C)NC(C)C2)cc1OC.Cl. The highest BCUT2D eigenvalue weighted by Gasteiger charge is 2.21. The van der Waals surface area contributed by atoms with Gasteiger partial charge in [0, 0.05) is 31.7 Å². The topological polar surface area (TPSA) is 33.7 Å². The van der Waals surface area contributed by atoms with Gasteiger partial charge in [-0.15, -0.1) is 12.4 Å². The van der Waals surface area contributed by atoms with Gasteiger partial charge in [-0.05, 0) is 44.0 Å². The normalized spacial score (nSPS) is 22.5. The van der Waals surface area contributed by atoms with Crippen LogP contribution in [0, 0.1) is 6.92 Å². The molecule has 1 aliphatic rings. The Kier molecular flexibility index (Phi) is 6.78. The molecule has 1 fully saturated rings. The van der Waals surface area contributed by atoms with Crippen LogP contribution in [-0.2, 0) is 6.54 Å². The lowest BCUT2D eigenvalue weighted by molar-refractivity contribution is 0.166. The Morgan fingerprint density at radius 3 is 2.14 bits per heavy atom. The molecule has 0 aromatic heterocycles. The molecule has 0 amide bonds. The number of ether oxygens (including phenoxy) is 2. The highest BCUT2D eigenvalue weighted by Crippen LogP contribution is 2.31. The second kappa shape index (κ2) is 7.87. The van der Waals surface area contributed by atoms with Crippen LogP contribution in [-0.4, -0.2) is 44.3 Å². The molecular weight excluding hydrogens is 288 g/mol. The van der Waals surface area contributed by atoms with Crippen molar-refractivity contribution in [1.82, 2.24) is 10.2 Å². The summed E-state index contributed by atoms with van der Waals surface area (Å²) >= 11 is 0. The van der Waals surface area contributed by atoms with E-state index >= 15 is 0 Å². The predicted octanol–water partition coefficient (Wildman–Crippen LogP) is 2.62. The summed E-state index contributed by atoms with van der Waals surface area (Å²) in [7, 11) is 3.36. The zero-order valence-electron chi connectivity index (χ0n) is 13.6. The molecule has 21 heavy (non-hydrogen) atoms. The highest BCUT2D eigenvalue weighted by atomic mass is 35.5. The third-order valence-corrected chi connectivity index (χ3v) is 3.87. The third kappa shape index (κ3) is 4.50. The lowest BCUT2D eigenvalue weighted by Gasteiger charge is -2.36. The number of piperazine rings is 1. The number of hydrogen-bond donors (Lipinski definition) is 1. The highest BCUT2D eigenvalue weighted by molar-refractivity contribution is 5.85. The fraction of sp³-hybridized carbons (Fsp3) is 0.625. The molecule has 5 heteroatoms. The van der Waals surface area contributed by atoms with Crippen molar-refractivity contribution >= 4 is 12.4 Å². The van der Waals surface area contributed by atoms with Crippen molar-refractivity contribution in [3.8, 4) is 11.5 Å². The number of nitrogens with one attached hydrogen (secondary N) is 1. The molecule has 1 saturated heterocycles. The van der Waals surface area contributed by atoms with Gasteiger partial charge in [0.2, 0.25) is 0 Å². The van der Waals surface area contributed by atoms with E-state index in [2.05, 4.69) is 43.1 Å². The van der Waals surface area contributed by atoms with Gasteiger partial charge < -0.3 is 14.8 Å². The van der Waals surface area contributed by atoms with Gasteiger partial charge in [-0.3, -0.25) is 4.90 Å². The Bertz CT molecular complexity index is 458. The van der Waals surface area contributed by atoms with E-state index in [1.54, 1.807) is 14.2 Å². The molecule has 1 N–H and O–H groups in total. The minimum absolute atomic E-state index is 0. The number of nitrogens with zero attached hydrogens (tertiary/aromatic N) is 1. The average Bonchev–Trinajstić information content (AvgIpc) is 2.39. The van der Waals surface area contributed by atoms with E-state index in [1.807, 2.05) is 0 Å². The molecule has 1 aromatic rings. The standard InChI is InChI=1S/C16H26N2O2.ClH/c1-11-6-15(19-4)16(20-5)7-14(11)10-18-8-12(2)17-13(3)9-18;/h6-7,12-13,17H,8-10H2,1-5H3;1H. The molecule has 0 aliphatic carbocycles. The summed E-state index contributed by atoms with van der Waals surface area (Å²) in [6.45, 7) is 9.74.